The molecule has 2 amide bonds. The van der Waals surface area contributed by atoms with Gasteiger partial charge in [-0.15, -0.1) is 0 Å². The first-order valence-electron chi connectivity index (χ1n) is 10.7. The summed E-state index contributed by atoms with van der Waals surface area (Å²) in [7, 11) is 2.97. The number of benzene rings is 1. The fourth-order valence-corrected chi connectivity index (χ4v) is 3.52. The van der Waals surface area contributed by atoms with Crippen LogP contribution in [-0.4, -0.2) is 65.2 Å². The molecule has 12 nitrogen and oxygen atoms in total. The van der Waals surface area contributed by atoms with E-state index in [0.717, 1.165) is 6.92 Å². The lowest BCUT2D eigenvalue weighted by Gasteiger charge is -2.39. The molecule has 0 radical (unpaired) electrons. The summed E-state index contributed by atoms with van der Waals surface area (Å²) in [6.07, 6.45) is 2.70. The van der Waals surface area contributed by atoms with Crippen molar-refractivity contribution >= 4 is 23.7 Å². The Labute approximate surface area is 202 Å². The minimum absolute atomic E-state index is 0.0355. The summed E-state index contributed by atoms with van der Waals surface area (Å²) in [6.45, 7) is 1.18. The molecule has 0 spiro atoms. The molecule has 1 heterocycles. The molecule has 6 N–H and O–H groups in total. The van der Waals surface area contributed by atoms with Gasteiger partial charge in [0.1, 0.15) is 11.5 Å². The predicted molar refractivity (Wildman–Crippen MR) is 128 cm³/mol. The van der Waals surface area contributed by atoms with Gasteiger partial charge in [-0.05, 0) is 42.7 Å². The second-order valence-corrected chi connectivity index (χ2v) is 7.55. The number of nitrogens with one attached hydrogen (secondary N) is 1. The molecule has 0 unspecified atom stereocenters. The fraction of sp³-hybridized carbons (Fsp3) is 0.348. The van der Waals surface area contributed by atoms with Crippen molar-refractivity contribution in [3.8, 4) is 11.5 Å². The van der Waals surface area contributed by atoms with Crippen LogP contribution in [-0.2, 0) is 16.1 Å². The Morgan fingerprint density at radius 2 is 1.83 bits per heavy atom. The standard InChI is InChI=1S/C23H30N6O6/c1-15(30)29(20(31)17-6-4-8-26-14-17)23(21(32)33,7-5-9-27-22(24)25)28-13-16-10-18(34-2)12-19(11-16)35-3/h4,6,8,10-12,14,28H,5,7,9,13H2,1-3H3,(H,32,33)(H4,24,25,27)/t23-/m0/s1. The Morgan fingerprint density at radius 1 is 1.17 bits per heavy atom. The molecule has 1 atom stereocenters. The molecule has 0 aliphatic heterocycles. The number of methoxy groups -OCH3 is 2. The highest BCUT2D eigenvalue weighted by Crippen LogP contribution is 2.26. The number of carboxylic acid groups (broad SMARTS) is 1. The number of aliphatic imine (C=N–C) groups is 1. The summed E-state index contributed by atoms with van der Waals surface area (Å²) < 4.78 is 10.5. The molecular weight excluding hydrogens is 456 g/mol. The summed E-state index contributed by atoms with van der Waals surface area (Å²) in [5.74, 6) is -2.18. The van der Waals surface area contributed by atoms with Gasteiger partial charge in [0, 0.05) is 38.5 Å². The van der Waals surface area contributed by atoms with Gasteiger partial charge < -0.3 is 26.0 Å². The summed E-state index contributed by atoms with van der Waals surface area (Å²) >= 11 is 0. The van der Waals surface area contributed by atoms with Crippen molar-refractivity contribution in [1.82, 2.24) is 15.2 Å². The van der Waals surface area contributed by atoms with Crippen LogP contribution in [0, 0.1) is 0 Å². The lowest BCUT2D eigenvalue weighted by Crippen LogP contribution is -2.67. The van der Waals surface area contributed by atoms with Gasteiger partial charge in [0.25, 0.3) is 5.91 Å². The van der Waals surface area contributed by atoms with E-state index in [4.69, 9.17) is 20.9 Å². The Balaban J connectivity index is 2.52. The van der Waals surface area contributed by atoms with E-state index >= 15 is 0 Å². The molecule has 0 saturated heterocycles. The number of amides is 2. The number of carbonyl (C=O) groups is 3. The first-order chi connectivity index (χ1) is 16.6. The van der Waals surface area contributed by atoms with E-state index in [1.165, 1.54) is 38.7 Å². The van der Waals surface area contributed by atoms with Crippen LogP contribution in [0.25, 0.3) is 0 Å². The largest absolute Gasteiger partial charge is 0.497 e. The van der Waals surface area contributed by atoms with Crippen molar-refractivity contribution in [2.24, 2.45) is 16.5 Å². The number of carboxylic acids is 1. The van der Waals surface area contributed by atoms with Crippen LogP contribution in [0.1, 0.15) is 35.7 Å². The summed E-state index contributed by atoms with van der Waals surface area (Å²) in [6, 6.07) is 8.00. The molecule has 0 bridgehead atoms. The molecule has 1 aromatic carbocycles. The normalized spacial score (nSPS) is 12.2. The van der Waals surface area contributed by atoms with Crippen molar-refractivity contribution in [1.29, 1.82) is 0 Å². The zero-order chi connectivity index (χ0) is 26.0. The van der Waals surface area contributed by atoms with Gasteiger partial charge in [0.05, 0.1) is 19.8 Å². The number of hydrogen-bond donors (Lipinski definition) is 4. The third-order valence-electron chi connectivity index (χ3n) is 5.15. The van der Waals surface area contributed by atoms with Gasteiger partial charge in [-0.1, -0.05) is 0 Å². The highest BCUT2D eigenvalue weighted by atomic mass is 16.5. The number of aromatic nitrogens is 1. The van der Waals surface area contributed by atoms with Crippen molar-refractivity contribution < 1.29 is 29.0 Å². The van der Waals surface area contributed by atoms with E-state index in [1.54, 1.807) is 18.2 Å². The van der Waals surface area contributed by atoms with Crippen LogP contribution in [0.3, 0.4) is 0 Å². The number of nitrogens with zero attached hydrogens (tertiary/aromatic N) is 3. The zero-order valence-electron chi connectivity index (χ0n) is 19.9. The molecule has 0 aliphatic rings. The van der Waals surface area contributed by atoms with Gasteiger partial charge >= 0.3 is 5.97 Å². The molecule has 12 heteroatoms. The molecule has 0 saturated carbocycles. The second kappa shape index (κ2) is 12.3. The molecule has 2 aromatic rings. The molecular formula is C23H30N6O6. The van der Waals surface area contributed by atoms with Crippen molar-refractivity contribution in [3.63, 3.8) is 0 Å². The zero-order valence-corrected chi connectivity index (χ0v) is 19.9. The number of ether oxygens (including phenoxy) is 2. The minimum atomic E-state index is -2.12. The maximum Gasteiger partial charge on any atom is 0.345 e. The molecule has 2 rings (SSSR count). The average molecular weight is 487 g/mol. The molecule has 188 valence electrons. The maximum absolute atomic E-state index is 13.3. The monoisotopic (exact) mass is 486 g/mol. The van der Waals surface area contributed by atoms with Gasteiger partial charge in [-0.3, -0.25) is 24.9 Å². The van der Waals surface area contributed by atoms with E-state index in [9.17, 15) is 19.5 Å². The predicted octanol–water partition coefficient (Wildman–Crippen LogP) is 0.712. The number of nitrogens with two attached hydrogens (primary N) is 2. The van der Waals surface area contributed by atoms with E-state index in [0.29, 0.717) is 22.0 Å². The molecule has 0 aliphatic carbocycles. The van der Waals surface area contributed by atoms with Gasteiger partial charge in [-0.25, -0.2) is 9.69 Å². The lowest BCUT2D eigenvalue weighted by atomic mass is 9.98. The van der Waals surface area contributed by atoms with E-state index in [-0.39, 0.29) is 37.5 Å². The van der Waals surface area contributed by atoms with Crippen molar-refractivity contribution in [3.05, 3.63) is 53.9 Å². The third-order valence-corrected chi connectivity index (χ3v) is 5.15. The number of rotatable bonds is 12. The fourth-order valence-electron chi connectivity index (χ4n) is 3.52. The quantitative estimate of drug-likeness (QED) is 0.144. The minimum Gasteiger partial charge on any atom is -0.497 e. The Bertz CT molecular complexity index is 1050. The second-order valence-electron chi connectivity index (χ2n) is 7.55. The number of pyridine rings is 1. The molecule has 35 heavy (non-hydrogen) atoms. The third kappa shape index (κ3) is 6.90. The number of imide groups is 1. The lowest BCUT2D eigenvalue weighted by molar-refractivity contribution is -0.159. The average Bonchev–Trinajstić information content (AvgIpc) is 2.84. The molecule has 1 aromatic heterocycles. The smallest absolute Gasteiger partial charge is 0.345 e. The number of hydrogen-bond acceptors (Lipinski definition) is 8. The van der Waals surface area contributed by atoms with Gasteiger partial charge in [0.15, 0.2) is 5.96 Å². The molecule has 0 fully saturated rings. The van der Waals surface area contributed by atoms with E-state index in [1.807, 2.05) is 0 Å². The topological polar surface area (TPSA) is 182 Å². The van der Waals surface area contributed by atoms with E-state index < -0.39 is 23.4 Å². The Morgan fingerprint density at radius 3 is 2.31 bits per heavy atom. The first-order valence-corrected chi connectivity index (χ1v) is 10.7. The highest BCUT2D eigenvalue weighted by molar-refractivity contribution is 6.07. The Hall–Kier alpha value is -4.19. The van der Waals surface area contributed by atoms with Crippen LogP contribution >= 0.6 is 0 Å². The van der Waals surface area contributed by atoms with Gasteiger partial charge in [0.2, 0.25) is 11.6 Å². The van der Waals surface area contributed by atoms with Crippen molar-refractivity contribution in [2.75, 3.05) is 20.8 Å². The summed E-state index contributed by atoms with van der Waals surface area (Å²) in [5.41, 5.74) is 9.29. The Kier molecular flexibility index (Phi) is 9.53. The number of guanidine groups is 1. The summed E-state index contributed by atoms with van der Waals surface area (Å²) in [5, 5.41) is 13.3. The van der Waals surface area contributed by atoms with Crippen LogP contribution in [0.4, 0.5) is 0 Å². The highest BCUT2D eigenvalue weighted by Gasteiger charge is 2.48. The van der Waals surface area contributed by atoms with Crippen molar-refractivity contribution in [2.45, 2.75) is 32.0 Å². The van der Waals surface area contributed by atoms with Crippen LogP contribution in [0.15, 0.2) is 47.7 Å². The maximum atomic E-state index is 13.3. The summed E-state index contributed by atoms with van der Waals surface area (Å²) in [4.78, 5) is 47.3. The first kappa shape index (κ1) is 27.1. The van der Waals surface area contributed by atoms with E-state index in [2.05, 4.69) is 15.3 Å². The number of aliphatic carboxylic acids is 1. The van der Waals surface area contributed by atoms with Crippen LogP contribution in [0.5, 0.6) is 11.5 Å². The number of carbonyl (C=O) groups excluding carboxylic acids is 2. The van der Waals surface area contributed by atoms with Crippen LogP contribution < -0.4 is 26.3 Å². The van der Waals surface area contributed by atoms with Crippen LogP contribution in [0.2, 0.25) is 0 Å². The SMILES string of the molecule is COc1cc(CN[C@](CCCN=C(N)N)(C(=O)O)N(C(C)=O)C(=O)c2cccnc2)cc(OC)c1. The van der Waals surface area contributed by atoms with Gasteiger partial charge in [-0.2, -0.15) is 0 Å².